The molecule has 0 saturated heterocycles. The van der Waals surface area contributed by atoms with Crippen molar-refractivity contribution in [3.05, 3.63) is 92.2 Å². The van der Waals surface area contributed by atoms with Crippen molar-refractivity contribution >= 4 is 23.0 Å². The molecule has 0 N–H and O–H groups in total. The van der Waals surface area contributed by atoms with E-state index < -0.39 is 5.97 Å². The normalized spacial score (nSPS) is 10.9. The standard InChI is InChI=1S/C22H18N2O3S/c1-14-3-6-16(7-4-14)18-9-10-28-21(18)22(26)27-13-17-11-20(25)24-12-15(2)5-8-19(24)23-17/h3-12H,13H2,1-2H3. The molecule has 0 atom stereocenters. The van der Waals surface area contributed by atoms with Crippen LogP contribution in [0.4, 0.5) is 0 Å². The van der Waals surface area contributed by atoms with Crippen LogP contribution in [0.2, 0.25) is 0 Å². The highest BCUT2D eigenvalue weighted by molar-refractivity contribution is 7.12. The largest absolute Gasteiger partial charge is 0.455 e. The SMILES string of the molecule is Cc1ccc(-c2ccsc2C(=O)OCc2cc(=O)n3cc(C)ccc3n2)cc1. The van der Waals surface area contributed by atoms with Gasteiger partial charge < -0.3 is 4.74 Å². The van der Waals surface area contributed by atoms with Gasteiger partial charge in [-0.2, -0.15) is 0 Å². The summed E-state index contributed by atoms with van der Waals surface area (Å²) in [6.45, 7) is 3.88. The Morgan fingerprint density at radius 2 is 1.82 bits per heavy atom. The van der Waals surface area contributed by atoms with Gasteiger partial charge in [0.2, 0.25) is 0 Å². The number of aromatic nitrogens is 2. The number of pyridine rings is 1. The molecule has 4 aromatic rings. The van der Waals surface area contributed by atoms with Gasteiger partial charge in [-0.25, -0.2) is 9.78 Å². The average Bonchev–Trinajstić information content (AvgIpc) is 3.17. The van der Waals surface area contributed by atoms with Crippen LogP contribution in [0, 0.1) is 13.8 Å². The third-order valence-electron chi connectivity index (χ3n) is 4.42. The number of hydrogen-bond donors (Lipinski definition) is 0. The van der Waals surface area contributed by atoms with Crippen LogP contribution in [-0.4, -0.2) is 15.4 Å². The summed E-state index contributed by atoms with van der Waals surface area (Å²) >= 11 is 1.34. The number of fused-ring (bicyclic) bond motifs is 1. The number of rotatable bonds is 4. The number of benzene rings is 1. The second-order valence-corrected chi connectivity index (χ2v) is 7.54. The molecule has 5 nitrogen and oxygen atoms in total. The van der Waals surface area contributed by atoms with Gasteiger partial charge in [-0.15, -0.1) is 11.3 Å². The summed E-state index contributed by atoms with van der Waals surface area (Å²) in [6.07, 6.45) is 1.74. The number of hydrogen-bond acceptors (Lipinski definition) is 5. The molecule has 3 heterocycles. The van der Waals surface area contributed by atoms with E-state index in [1.165, 1.54) is 21.8 Å². The van der Waals surface area contributed by atoms with Crippen LogP contribution in [-0.2, 0) is 11.3 Å². The fraction of sp³-hybridized carbons (Fsp3) is 0.136. The lowest BCUT2D eigenvalue weighted by atomic mass is 10.1. The first kappa shape index (κ1) is 18.1. The van der Waals surface area contributed by atoms with Crippen molar-refractivity contribution in [2.45, 2.75) is 20.5 Å². The quantitative estimate of drug-likeness (QED) is 0.485. The number of ether oxygens (including phenoxy) is 1. The van der Waals surface area contributed by atoms with E-state index in [0.717, 1.165) is 22.3 Å². The van der Waals surface area contributed by atoms with Crippen molar-refractivity contribution in [3.8, 4) is 11.1 Å². The van der Waals surface area contributed by atoms with E-state index in [9.17, 15) is 9.59 Å². The first-order chi connectivity index (χ1) is 13.5. The van der Waals surface area contributed by atoms with Crippen LogP contribution in [0.3, 0.4) is 0 Å². The van der Waals surface area contributed by atoms with E-state index in [0.29, 0.717) is 16.2 Å². The van der Waals surface area contributed by atoms with Crippen LogP contribution in [0.5, 0.6) is 0 Å². The molecule has 28 heavy (non-hydrogen) atoms. The molecular weight excluding hydrogens is 372 g/mol. The molecule has 0 fully saturated rings. The van der Waals surface area contributed by atoms with Crippen LogP contribution < -0.4 is 5.56 Å². The molecule has 1 aromatic carbocycles. The van der Waals surface area contributed by atoms with Gasteiger partial charge in [-0.1, -0.05) is 35.9 Å². The van der Waals surface area contributed by atoms with Gasteiger partial charge in [0, 0.05) is 17.8 Å². The fourth-order valence-corrected chi connectivity index (χ4v) is 3.77. The number of esters is 1. The molecule has 0 unspecified atom stereocenters. The Kier molecular flexibility index (Phi) is 4.79. The third kappa shape index (κ3) is 3.59. The van der Waals surface area contributed by atoms with Gasteiger partial charge in [0.25, 0.3) is 5.56 Å². The number of carbonyl (C=O) groups excluding carboxylic acids is 1. The van der Waals surface area contributed by atoms with Crippen LogP contribution in [0.1, 0.15) is 26.5 Å². The zero-order valence-electron chi connectivity index (χ0n) is 15.5. The minimum atomic E-state index is -0.420. The Balaban J connectivity index is 1.55. The fourth-order valence-electron chi connectivity index (χ4n) is 2.96. The van der Waals surface area contributed by atoms with Crippen molar-refractivity contribution < 1.29 is 9.53 Å². The van der Waals surface area contributed by atoms with Gasteiger partial charge in [0.1, 0.15) is 17.1 Å². The summed E-state index contributed by atoms with van der Waals surface area (Å²) in [4.78, 5) is 29.8. The van der Waals surface area contributed by atoms with E-state index >= 15 is 0 Å². The average molecular weight is 390 g/mol. The predicted molar refractivity (Wildman–Crippen MR) is 110 cm³/mol. The lowest BCUT2D eigenvalue weighted by Gasteiger charge is -2.07. The lowest BCUT2D eigenvalue weighted by molar-refractivity contribution is 0.0474. The molecule has 4 rings (SSSR count). The topological polar surface area (TPSA) is 60.7 Å². The van der Waals surface area contributed by atoms with E-state index in [-0.39, 0.29) is 12.2 Å². The first-order valence-corrected chi connectivity index (χ1v) is 9.70. The van der Waals surface area contributed by atoms with Crippen molar-refractivity contribution in [1.82, 2.24) is 9.38 Å². The van der Waals surface area contributed by atoms with Gasteiger partial charge in [-0.3, -0.25) is 9.20 Å². The Morgan fingerprint density at radius 3 is 2.61 bits per heavy atom. The molecule has 140 valence electrons. The molecule has 0 aliphatic carbocycles. The summed E-state index contributed by atoms with van der Waals surface area (Å²) in [5.41, 5.74) is 4.70. The second kappa shape index (κ2) is 7.40. The van der Waals surface area contributed by atoms with Gasteiger partial charge in [0.05, 0.1) is 5.69 Å². The van der Waals surface area contributed by atoms with Crippen LogP contribution >= 0.6 is 11.3 Å². The zero-order valence-corrected chi connectivity index (χ0v) is 16.3. The summed E-state index contributed by atoms with van der Waals surface area (Å²) < 4.78 is 6.93. The smallest absolute Gasteiger partial charge is 0.349 e. The highest BCUT2D eigenvalue weighted by Crippen LogP contribution is 2.29. The van der Waals surface area contributed by atoms with Crippen molar-refractivity contribution in [3.63, 3.8) is 0 Å². The minimum Gasteiger partial charge on any atom is -0.455 e. The molecule has 0 amide bonds. The number of nitrogens with zero attached hydrogens (tertiary/aromatic N) is 2. The maximum atomic E-state index is 12.6. The third-order valence-corrected chi connectivity index (χ3v) is 5.32. The summed E-state index contributed by atoms with van der Waals surface area (Å²) in [7, 11) is 0. The van der Waals surface area contributed by atoms with Crippen molar-refractivity contribution in [1.29, 1.82) is 0 Å². The molecule has 0 aliphatic rings. The summed E-state index contributed by atoms with van der Waals surface area (Å²) in [5.74, 6) is -0.420. The van der Waals surface area contributed by atoms with E-state index in [2.05, 4.69) is 4.98 Å². The molecule has 0 spiro atoms. The number of carbonyl (C=O) groups is 1. The molecular formula is C22H18N2O3S. The Labute approximate surface area is 165 Å². The molecule has 0 radical (unpaired) electrons. The maximum absolute atomic E-state index is 12.6. The van der Waals surface area contributed by atoms with Crippen molar-refractivity contribution in [2.75, 3.05) is 0 Å². The van der Waals surface area contributed by atoms with E-state index in [4.69, 9.17) is 4.74 Å². The highest BCUT2D eigenvalue weighted by Gasteiger charge is 2.16. The van der Waals surface area contributed by atoms with Crippen LogP contribution in [0.15, 0.2) is 64.9 Å². The summed E-state index contributed by atoms with van der Waals surface area (Å²) in [5, 5.41) is 1.87. The lowest BCUT2D eigenvalue weighted by Crippen LogP contribution is -2.16. The summed E-state index contributed by atoms with van der Waals surface area (Å²) in [6, 6.07) is 15.0. The predicted octanol–water partition coefficient (Wildman–Crippen LogP) is 4.40. The van der Waals surface area contributed by atoms with Gasteiger partial charge >= 0.3 is 5.97 Å². The molecule has 0 saturated carbocycles. The first-order valence-electron chi connectivity index (χ1n) is 8.82. The van der Waals surface area contributed by atoms with Gasteiger partial charge in [0.15, 0.2) is 0 Å². The number of aryl methyl sites for hydroxylation is 2. The Bertz CT molecular complexity index is 1220. The second-order valence-electron chi connectivity index (χ2n) is 6.63. The van der Waals surface area contributed by atoms with E-state index in [1.54, 1.807) is 12.3 Å². The van der Waals surface area contributed by atoms with Gasteiger partial charge in [-0.05, 0) is 42.5 Å². The maximum Gasteiger partial charge on any atom is 0.349 e. The number of thiophene rings is 1. The Hall–Kier alpha value is -3.25. The molecule has 6 heteroatoms. The highest BCUT2D eigenvalue weighted by atomic mass is 32.1. The van der Waals surface area contributed by atoms with Crippen LogP contribution in [0.25, 0.3) is 16.8 Å². The Morgan fingerprint density at radius 1 is 1.07 bits per heavy atom. The molecule has 3 aromatic heterocycles. The monoisotopic (exact) mass is 390 g/mol. The minimum absolute atomic E-state index is 0.0519. The molecule has 0 aliphatic heterocycles. The van der Waals surface area contributed by atoms with Crippen molar-refractivity contribution in [2.24, 2.45) is 0 Å². The molecule has 0 bridgehead atoms. The zero-order chi connectivity index (χ0) is 19.7. The van der Waals surface area contributed by atoms with E-state index in [1.807, 2.05) is 55.6 Å².